The molecule has 1 unspecified atom stereocenters. The van der Waals surface area contributed by atoms with Crippen molar-refractivity contribution in [3.05, 3.63) is 58.3 Å². The van der Waals surface area contributed by atoms with Crippen molar-refractivity contribution in [3.8, 4) is 0 Å². The van der Waals surface area contributed by atoms with Gasteiger partial charge in [-0.3, -0.25) is 14.7 Å². The third-order valence-corrected chi connectivity index (χ3v) is 4.61. The lowest BCUT2D eigenvalue weighted by Crippen LogP contribution is -2.27. The van der Waals surface area contributed by atoms with Crippen molar-refractivity contribution in [1.82, 2.24) is 4.98 Å². The number of halogens is 2. The van der Waals surface area contributed by atoms with Crippen molar-refractivity contribution >= 4 is 46.6 Å². The maximum Gasteiger partial charge on any atom is 0.238 e. The third-order valence-electron chi connectivity index (χ3n) is 2.96. The fourth-order valence-corrected chi connectivity index (χ4v) is 3.82. The second-order valence-corrected chi connectivity index (χ2v) is 6.28. The summed E-state index contributed by atoms with van der Waals surface area (Å²) in [5.74, 6) is 0.478. The van der Waals surface area contributed by atoms with E-state index in [0.717, 1.165) is 5.56 Å². The lowest BCUT2D eigenvalue weighted by atomic mass is 10.2. The van der Waals surface area contributed by atoms with Gasteiger partial charge >= 0.3 is 0 Å². The van der Waals surface area contributed by atoms with E-state index in [4.69, 9.17) is 23.2 Å². The molecule has 0 N–H and O–H groups in total. The maximum absolute atomic E-state index is 12.2. The molecule has 0 spiro atoms. The highest BCUT2D eigenvalue weighted by Gasteiger charge is 2.34. The molecule has 1 atom stereocenters. The van der Waals surface area contributed by atoms with Gasteiger partial charge in [0.05, 0.1) is 5.75 Å². The zero-order chi connectivity index (χ0) is 14.1. The van der Waals surface area contributed by atoms with Crippen molar-refractivity contribution in [2.24, 2.45) is 0 Å². The van der Waals surface area contributed by atoms with Gasteiger partial charge < -0.3 is 0 Å². The molecule has 1 aromatic carbocycles. The van der Waals surface area contributed by atoms with Gasteiger partial charge in [0.15, 0.2) is 0 Å². The number of anilines is 1. The van der Waals surface area contributed by atoms with Crippen molar-refractivity contribution in [2.45, 2.75) is 5.37 Å². The van der Waals surface area contributed by atoms with Crippen LogP contribution < -0.4 is 4.90 Å². The first-order chi connectivity index (χ1) is 9.65. The smallest absolute Gasteiger partial charge is 0.238 e. The van der Waals surface area contributed by atoms with E-state index in [-0.39, 0.29) is 11.3 Å². The fourth-order valence-electron chi connectivity index (χ4n) is 2.15. The number of aromatic nitrogens is 1. The Hall–Kier alpha value is -1.23. The summed E-state index contributed by atoms with van der Waals surface area (Å²) in [6, 6.07) is 8.98. The largest absolute Gasteiger partial charge is 0.295 e. The standard InChI is InChI=1S/C14H10Cl2N2OS/c15-10-4-11(16)6-12(5-10)18-13(19)8-20-14(18)9-2-1-3-17-7-9/h1-7,14H,8H2. The van der Waals surface area contributed by atoms with E-state index >= 15 is 0 Å². The van der Waals surface area contributed by atoms with Crippen LogP contribution in [0.25, 0.3) is 0 Å². The third kappa shape index (κ3) is 2.64. The number of hydrogen-bond donors (Lipinski definition) is 0. The number of hydrogen-bond acceptors (Lipinski definition) is 3. The predicted octanol–water partition coefficient (Wildman–Crippen LogP) is 4.17. The normalized spacial score (nSPS) is 18.6. The molecule has 1 amide bonds. The highest BCUT2D eigenvalue weighted by molar-refractivity contribution is 8.00. The molecule has 1 fully saturated rings. The van der Waals surface area contributed by atoms with Crippen LogP contribution in [0.4, 0.5) is 5.69 Å². The van der Waals surface area contributed by atoms with Crippen LogP contribution in [0.15, 0.2) is 42.7 Å². The summed E-state index contributed by atoms with van der Waals surface area (Å²) < 4.78 is 0. The number of benzene rings is 1. The number of thioether (sulfide) groups is 1. The average molecular weight is 325 g/mol. The second kappa shape index (κ2) is 5.64. The Morgan fingerprint density at radius 2 is 2.00 bits per heavy atom. The predicted molar refractivity (Wildman–Crippen MR) is 83.4 cm³/mol. The maximum atomic E-state index is 12.2. The van der Waals surface area contributed by atoms with E-state index in [1.807, 2.05) is 12.1 Å². The molecule has 0 radical (unpaired) electrons. The summed E-state index contributed by atoms with van der Waals surface area (Å²) in [4.78, 5) is 18.0. The SMILES string of the molecule is O=C1CSC(c2cccnc2)N1c1cc(Cl)cc(Cl)c1. The van der Waals surface area contributed by atoms with Crippen LogP contribution in [0.5, 0.6) is 0 Å². The number of amides is 1. The van der Waals surface area contributed by atoms with Crippen LogP contribution >= 0.6 is 35.0 Å². The number of rotatable bonds is 2. The Kier molecular flexibility index (Phi) is 3.87. The molecular weight excluding hydrogens is 315 g/mol. The summed E-state index contributed by atoms with van der Waals surface area (Å²) in [6.07, 6.45) is 3.49. The summed E-state index contributed by atoms with van der Waals surface area (Å²) >= 11 is 13.6. The molecular formula is C14H10Cl2N2OS. The van der Waals surface area contributed by atoms with Crippen LogP contribution in [0, 0.1) is 0 Å². The molecule has 102 valence electrons. The van der Waals surface area contributed by atoms with Crippen LogP contribution in [-0.4, -0.2) is 16.6 Å². The Morgan fingerprint density at radius 1 is 1.25 bits per heavy atom. The first-order valence-electron chi connectivity index (χ1n) is 5.95. The monoisotopic (exact) mass is 324 g/mol. The quantitative estimate of drug-likeness (QED) is 0.831. The summed E-state index contributed by atoms with van der Waals surface area (Å²) in [7, 11) is 0. The van der Waals surface area contributed by atoms with E-state index in [1.165, 1.54) is 0 Å². The Bertz CT molecular complexity index is 631. The molecule has 0 bridgehead atoms. The minimum Gasteiger partial charge on any atom is -0.295 e. The fraction of sp³-hybridized carbons (Fsp3) is 0.143. The van der Waals surface area contributed by atoms with Crippen molar-refractivity contribution in [2.75, 3.05) is 10.7 Å². The van der Waals surface area contributed by atoms with Gasteiger partial charge in [0.1, 0.15) is 5.37 Å². The van der Waals surface area contributed by atoms with Gasteiger partial charge in [-0.05, 0) is 24.3 Å². The van der Waals surface area contributed by atoms with Gasteiger partial charge in [0, 0.05) is 33.7 Å². The van der Waals surface area contributed by atoms with Crippen LogP contribution in [-0.2, 0) is 4.79 Å². The Morgan fingerprint density at radius 3 is 2.65 bits per heavy atom. The molecule has 6 heteroatoms. The van der Waals surface area contributed by atoms with Gasteiger partial charge in [0.25, 0.3) is 0 Å². The molecule has 1 aliphatic heterocycles. The zero-order valence-corrected chi connectivity index (χ0v) is 12.6. The van der Waals surface area contributed by atoms with E-state index < -0.39 is 0 Å². The minimum atomic E-state index is -0.0919. The molecule has 2 heterocycles. The summed E-state index contributed by atoms with van der Waals surface area (Å²) in [6.45, 7) is 0. The van der Waals surface area contributed by atoms with Crippen LogP contribution in [0.1, 0.15) is 10.9 Å². The van der Waals surface area contributed by atoms with Crippen molar-refractivity contribution < 1.29 is 4.79 Å². The zero-order valence-electron chi connectivity index (χ0n) is 10.3. The van der Waals surface area contributed by atoms with Gasteiger partial charge in [-0.15, -0.1) is 11.8 Å². The topological polar surface area (TPSA) is 33.2 Å². The van der Waals surface area contributed by atoms with E-state index in [9.17, 15) is 4.79 Å². The molecule has 3 nitrogen and oxygen atoms in total. The highest BCUT2D eigenvalue weighted by Crippen LogP contribution is 2.42. The van der Waals surface area contributed by atoms with Crippen molar-refractivity contribution in [3.63, 3.8) is 0 Å². The first kappa shape index (κ1) is 13.7. The minimum absolute atomic E-state index is 0.0437. The van der Waals surface area contributed by atoms with E-state index in [1.54, 1.807) is 47.3 Å². The first-order valence-corrected chi connectivity index (χ1v) is 7.75. The Balaban J connectivity index is 2.02. The van der Waals surface area contributed by atoms with Crippen LogP contribution in [0.2, 0.25) is 10.0 Å². The highest BCUT2D eigenvalue weighted by atomic mass is 35.5. The Labute approximate surface area is 130 Å². The second-order valence-electron chi connectivity index (χ2n) is 4.34. The van der Waals surface area contributed by atoms with E-state index in [2.05, 4.69) is 4.98 Å². The molecule has 0 aliphatic carbocycles. The van der Waals surface area contributed by atoms with Crippen molar-refractivity contribution in [1.29, 1.82) is 0 Å². The molecule has 1 saturated heterocycles. The number of carbonyl (C=O) groups excluding carboxylic acids is 1. The lowest BCUT2D eigenvalue weighted by Gasteiger charge is -2.24. The van der Waals surface area contributed by atoms with Crippen LogP contribution in [0.3, 0.4) is 0 Å². The number of carbonyl (C=O) groups is 1. The summed E-state index contributed by atoms with van der Waals surface area (Å²) in [5.41, 5.74) is 1.70. The summed E-state index contributed by atoms with van der Waals surface area (Å²) in [5, 5.41) is 0.940. The molecule has 1 aliphatic rings. The van der Waals surface area contributed by atoms with Gasteiger partial charge in [-0.25, -0.2) is 0 Å². The molecule has 3 rings (SSSR count). The molecule has 20 heavy (non-hydrogen) atoms. The number of pyridine rings is 1. The average Bonchev–Trinajstić information content (AvgIpc) is 2.80. The number of nitrogens with zero attached hydrogens (tertiary/aromatic N) is 2. The van der Waals surface area contributed by atoms with Gasteiger partial charge in [0.2, 0.25) is 5.91 Å². The van der Waals surface area contributed by atoms with Gasteiger partial charge in [-0.1, -0.05) is 29.3 Å². The van der Waals surface area contributed by atoms with E-state index in [0.29, 0.717) is 21.5 Å². The molecule has 2 aromatic rings. The molecule has 0 saturated carbocycles. The van der Waals surface area contributed by atoms with Gasteiger partial charge in [-0.2, -0.15) is 0 Å². The molecule has 1 aromatic heterocycles. The lowest BCUT2D eigenvalue weighted by molar-refractivity contribution is -0.115.